The third-order valence-electron chi connectivity index (χ3n) is 23.1. The fourth-order valence-electron chi connectivity index (χ4n) is 16.0. The van der Waals surface area contributed by atoms with Crippen LogP contribution in [0, 0.1) is 17.8 Å². The van der Waals surface area contributed by atoms with E-state index < -0.39 is 12.1 Å². The Bertz CT molecular complexity index is 2800. The van der Waals surface area contributed by atoms with E-state index in [0.29, 0.717) is 73.6 Å². The average Bonchev–Trinajstić information content (AvgIpc) is 0.857. The molecule has 0 N–H and O–H groups in total. The van der Waals surface area contributed by atoms with E-state index in [1.54, 1.807) is 0 Å². The van der Waals surface area contributed by atoms with E-state index in [-0.39, 0.29) is 62.3 Å². The second-order valence-electron chi connectivity index (χ2n) is 31.5. The highest BCUT2D eigenvalue weighted by atomic mass is 16.6. The van der Waals surface area contributed by atoms with Crippen LogP contribution in [0.25, 0.3) is 16.7 Å². The maximum absolute atomic E-state index is 13.2. The van der Waals surface area contributed by atoms with Gasteiger partial charge in [0.1, 0.15) is 13.2 Å². The molecule has 0 saturated heterocycles. The highest BCUT2D eigenvalue weighted by Gasteiger charge is 2.27. The van der Waals surface area contributed by atoms with E-state index >= 15 is 0 Å². The van der Waals surface area contributed by atoms with Gasteiger partial charge in [-0.3, -0.25) is 14.4 Å². The molecular formula is C93H140O12. The summed E-state index contributed by atoms with van der Waals surface area (Å²) in [5.74, 6) is 2.13. The molecule has 0 bridgehead atoms. The van der Waals surface area contributed by atoms with Crippen molar-refractivity contribution in [1.82, 2.24) is 0 Å². The molecule has 105 heavy (non-hydrogen) atoms. The Morgan fingerprint density at radius 2 is 0.552 bits per heavy atom. The Labute approximate surface area is 635 Å². The summed E-state index contributed by atoms with van der Waals surface area (Å²) < 4.78 is 33.8. The van der Waals surface area contributed by atoms with Gasteiger partial charge in [0.25, 0.3) is 0 Å². The fraction of sp³-hybridized carbons (Fsp3) is 0.677. The number of ether oxygens (including phenoxy) is 6. The standard InChI is InChI=1S/C93H140O12/c1-7-10-28-37-75-43-49-81(50-44-75)84-61-55-78(56-62-84)72(4)91(97)100-67-34-25-19-13-16-22-31-40-88(94)103-70-87(105-90(96)42-33-24-18-15-21-27-36-69-102-93(99)74(6)80-59-65-86(66-60-80)83-53-47-77(48-54-83)39-30-12-9-3)71-104-89(95)41-32-23-17-14-20-26-35-68-101-92(98)73(5)79-57-63-85(64-58-79)82-51-45-76(46-52-82)38-29-11-8-2/h55-66,75-77,81-83,87H,4-54,67-71H2,1-3H3. The highest BCUT2D eigenvalue weighted by molar-refractivity contribution is 6.16. The van der Waals surface area contributed by atoms with E-state index in [0.717, 1.165) is 150 Å². The molecule has 3 aliphatic carbocycles. The normalized spacial score (nSPS) is 18.3. The lowest BCUT2D eigenvalue weighted by molar-refractivity contribution is -0.167. The summed E-state index contributed by atoms with van der Waals surface area (Å²) in [6, 6.07) is 25.1. The van der Waals surface area contributed by atoms with Gasteiger partial charge >= 0.3 is 35.8 Å². The van der Waals surface area contributed by atoms with Gasteiger partial charge in [0.15, 0.2) is 6.10 Å². The summed E-state index contributed by atoms with van der Waals surface area (Å²) >= 11 is 0. The van der Waals surface area contributed by atoms with Crippen molar-refractivity contribution in [3.63, 3.8) is 0 Å². The van der Waals surface area contributed by atoms with Gasteiger partial charge in [-0.15, -0.1) is 0 Å². The van der Waals surface area contributed by atoms with Crippen molar-refractivity contribution in [2.45, 2.75) is 353 Å². The summed E-state index contributed by atoms with van der Waals surface area (Å²) in [6.45, 7) is 19.6. The van der Waals surface area contributed by atoms with Crippen LogP contribution >= 0.6 is 0 Å². The second kappa shape index (κ2) is 53.5. The van der Waals surface area contributed by atoms with Crippen molar-refractivity contribution in [3.05, 3.63) is 126 Å². The van der Waals surface area contributed by atoms with Crippen LogP contribution in [-0.2, 0) is 57.2 Å². The zero-order valence-electron chi connectivity index (χ0n) is 66.0. The van der Waals surface area contributed by atoms with Gasteiger partial charge < -0.3 is 28.4 Å². The first-order valence-corrected chi connectivity index (χ1v) is 42.6. The van der Waals surface area contributed by atoms with Crippen LogP contribution in [0.4, 0.5) is 0 Å². The Hall–Kier alpha value is -6.30. The topological polar surface area (TPSA) is 158 Å². The minimum absolute atomic E-state index is 0.194. The van der Waals surface area contributed by atoms with Crippen molar-refractivity contribution in [3.8, 4) is 0 Å². The third kappa shape index (κ3) is 36.0. The van der Waals surface area contributed by atoms with Gasteiger partial charge in [-0.1, -0.05) is 287 Å². The lowest BCUT2D eigenvalue weighted by atomic mass is 9.77. The van der Waals surface area contributed by atoms with Gasteiger partial charge in [0.05, 0.1) is 36.5 Å². The first kappa shape index (κ1) is 87.6. The number of esters is 6. The molecule has 3 fully saturated rings. The molecule has 12 nitrogen and oxygen atoms in total. The number of benzene rings is 3. The van der Waals surface area contributed by atoms with Gasteiger partial charge in [-0.05, 0) is 184 Å². The fourth-order valence-corrected chi connectivity index (χ4v) is 16.0. The number of rotatable bonds is 56. The molecule has 0 aliphatic heterocycles. The maximum Gasteiger partial charge on any atom is 0.338 e. The van der Waals surface area contributed by atoms with E-state index in [4.69, 9.17) is 28.4 Å². The third-order valence-corrected chi connectivity index (χ3v) is 23.1. The molecule has 0 radical (unpaired) electrons. The molecule has 0 aromatic heterocycles. The summed E-state index contributed by atoms with van der Waals surface area (Å²) in [7, 11) is 0. The zero-order chi connectivity index (χ0) is 74.9. The molecular weight excluding hydrogens is 1310 g/mol. The van der Waals surface area contributed by atoms with E-state index in [9.17, 15) is 28.8 Å². The Balaban J connectivity index is 0.802. The molecule has 12 heteroatoms. The van der Waals surface area contributed by atoms with Gasteiger partial charge in [0, 0.05) is 19.3 Å². The summed E-state index contributed by atoms with van der Waals surface area (Å²) in [6.07, 6.45) is 49.7. The minimum atomic E-state index is -0.914. The number of unbranched alkanes of at least 4 members (excludes halogenated alkanes) is 24. The largest absolute Gasteiger partial charge is 0.462 e. The summed E-state index contributed by atoms with van der Waals surface area (Å²) in [5, 5.41) is 0. The molecule has 3 saturated carbocycles. The van der Waals surface area contributed by atoms with Gasteiger partial charge in [-0.25, -0.2) is 14.4 Å². The Morgan fingerprint density at radius 1 is 0.305 bits per heavy atom. The summed E-state index contributed by atoms with van der Waals surface area (Å²) in [5.41, 5.74) is 7.71. The van der Waals surface area contributed by atoms with Crippen molar-refractivity contribution in [1.29, 1.82) is 0 Å². The van der Waals surface area contributed by atoms with Crippen LogP contribution in [0.5, 0.6) is 0 Å². The predicted octanol–water partition coefficient (Wildman–Crippen LogP) is 24.7. The molecule has 584 valence electrons. The number of carbonyl (C=O) groups excluding carboxylic acids is 6. The monoisotopic (exact) mass is 1450 g/mol. The second-order valence-corrected chi connectivity index (χ2v) is 31.5. The van der Waals surface area contributed by atoms with Gasteiger partial charge in [0.2, 0.25) is 0 Å². The lowest BCUT2D eigenvalue weighted by Crippen LogP contribution is -2.30. The molecule has 0 amide bonds. The van der Waals surface area contributed by atoms with Crippen LogP contribution in [-0.4, -0.2) is 75.0 Å². The predicted molar refractivity (Wildman–Crippen MR) is 428 cm³/mol. The van der Waals surface area contributed by atoms with Crippen molar-refractivity contribution >= 4 is 52.5 Å². The molecule has 0 unspecified atom stereocenters. The van der Waals surface area contributed by atoms with Crippen molar-refractivity contribution in [2.75, 3.05) is 33.0 Å². The van der Waals surface area contributed by atoms with Crippen LogP contribution in [0.15, 0.2) is 92.5 Å². The van der Waals surface area contributed by atoms with Crippen LogP contribution in [0.1, 0.15) is 380 Å². The molecule has 0 heterocycles. The SMILES string of the molecule is C=C(C(=O)OCCCCCCCCCC(=O)OCC(COC(=O)CCCCCCCCCOC(=O)C(=C)c1ccc(C2CCC(CCCCC)CC2)cc1)OC(=O)CCCCCCCCCOC(=O)C(=C)c1ccc(C2CCC(CCCCC)CC2)cc1)c1ccc(C2CCC(CCCCC)CC2)cc1. The van der Waals surface area contributed by atoms with Gasteiger partial charge in [-0.2, -0.15) is 0 Å². The molecule has 3 aliphatic rings. The highest BCUT2D eigenvalue weighted by Crippen LogP contribution is 2.41. The van der Waals surface area contributed by atoms with Crippen LogP contribution in [0.3, 0.4) is 0 Å². The molecule has 0 atom stereocenters. The quantitative estimate of drug-likeness (QED) is 0.0228. The molecule has 3 aromatic rings. The first-order chi connectivity index (χ1) is 51.2. The number of hydrogen-bond acceptors (Lipinski definition) is 12. The van der Waals surface area contributed by atoms with Crippen LogP contribution in [0.2, 0.25) is 0 Å². The smallest absolute Gasteiger partial charge is 0.338 e. The van der Waals surface area contributed by atoms with Crippen molar-refractivity contribution < 1.29 is 57.2 Å². The number of carbonyl (C=O) groups is 6. The van der Waals surface area contributed by atoms with Crippen LogP contribution < -0.4 is 0 Å². The average molecular weight is 1450 g/mol. The van der Waals surface area contributed by atoms with E-state index in [1.807, 2.05) is 36.4 Å². The minimum Gasteiger partial charge on any atom is -0.462 e. The van der Waals surface area contributed by atoms with E-state index in [2.05, 4.69) is 76.9 Å². The molecule has 3 aromatic carbocycles. The first-order valence-electron chi connectivity index (χ1n) is 42.6. The molecule has 6 rings (SSSR count). The maximum atomic E-state index is 13.2. The van der Waals surface area contributed by atoms with Crippen molar-refractivity contribution in [2.24, 2.45) is 17.8 Å². The summed E-state index contributed by atoms with van der Waals surface area (Å²) in [4.78, 5) is 77.7. The Kier molecular flexibility index (Phi) is 44.6. The number of hydrogen-bond donors (Lipinski definition) is 0. The van der Waals surface area contributed by atoms with E-state index in [1.165, 1.54) is 171 Å². The Morgan fingerprint density at radius 3 is 0.819 bits per heavy atom. The molecule has 0 spiro atoms. The lowest BCUT2D eigenvalue weighted by Gasteiger charge is -2.29. The zero-order valence-corrected chi connectivity index (χ0v) is 66.0.